The molecule has 2 N–H and O–H groups in total. The van der Waals surface area contributed by atoms with E-state index in [0.717, 1.165) is 58.4 Å². The summed E-state index contributed by atoms with van der Waals surface area (Å²) in [6.07, 6.45) is 4.11. The molecule has 2 heterocycles. The van der Waals surface area contributed by atoms with Gasteiger partial charge in [-0.05, 0) is 56.8 Å². The number of piperidine rings is 2. The molecule has 0 bridgehead atoms. The molecule has 4 nitrogen and oxygen atoms in total. The van der Waals surface area contributed by atoms with E-state index in [1.165, 1.54) is 11.1 Å². The standard InChI is InChI=1S/C19H29N3O/c1-15-4-2-3-5-17(15)14-22-12-8-18(9-13-22)21-19(23)16-6-10-20-11-7-16/h2-5,16,18,20H,6-14H2,1H3,(H,21,23). The molecule has 0 radical (unpaired) electrons. The van der Waals surface area contributed by atoms with E-state index in [1.54, 1.807) is 0 Å². The molecular weight excluding hydrogens is 286 g/mol. The zero-order valence-corrected chi connectivity index (χ0v) is 14.2. The minimum absolute atomic E-state index is 0.223. The van der Waals surface area contributed by atoms with Crippen LogP contribution in [0.25, 0.3) is 0 Å². The first-order valence-corrected chi connectivity index (χ1v) is 9.00. The number of hydrogen-bond donors (Lipinski definition) is 2. The van der Waals surface area contributed by atoms with Gasteiger partial charge in [0, 0.05) is 31.6 Å². The van der Waals surface area contributed by atoms with Crippen molar-refractivity contribution in [2.24, 2.45) is 5.92 Å². The normalized spacial score (nSPS) is 21.3. The first-order valence-electron chi connectivity index (χ1n) is 9.00. The number of carbonyl (C=O) groups excluding carboxylic acids is 1. The third-order valence-corrected chi connectivity index (χ3v) is 5.30. The quantitative estimate of drug-likeness (QED) is 0.894. The number of benzene rings is 1. The highest BCUT2D eigenvalue weighted by molar-refractivity contribution is 5.79. The Morgan fingerprint density at radius 3 is 2.57 bits per heavy atom. The van der Waals surface area contributed by atoms with E-state index in [9.17, 15) is 4.79 Å². The summed E-state index contributed by atoms with van der Waals surface area (Å²) in [4.78, 5) is 14.8. The SMILES string of the molecule is Cc1ccccc1CN1CCC(NC(=O)C2CCNCC2)CC1. The van der Waals surface area contributed by atoms with Crippen LogP contribution >= 0.6 is 0 Å². The number of rotatable bonds is 4. The van der Waals surface area contributed by atoms with Crippen LogP contribution < -0.4 is 10.6 Å². The molecule has 23 heavy (non-hydrogen) atoms. The first-order chi connectivity index (χ1) is 11.2. The molecule has 0 unspecified atom stereocenters. The minimum Gasteiger partial charge on any atom is -0.353 e. The van der Waals surface area contributed by atoms with Crippen molar-refractivity contribution >= 4 is 5.91 Å². The predicted molar refractivity (Wildman–Crippen MR) is 93.2 cm³/mol. The van der Waals surface area contributed by atoms with Crippen molar-refractivity contribution in [1.29, 1.82) is 0 Å². The number of nitrogens with one attached hydrogen (secondary N) is 2. The Kier molecular flexibility index (Phi) is 5.68. The average molecular weight is 315 g/mol. The summed E-state index contributed by atoms with van der Waals surface area (Å²) in [5, 5.41) is 6.61. The van der Waals surface area contributed by atoms with Crippen LogP contribution in [0.5, 0.6) is 0 Å². The lowest BCUT2D eigenvalue weighted by Gasteiger charge is -2.33. The van der Waals surface area contributed by atoms with Gasteiger partial charge in [0.15, 0.2) is 0 Å². The van der Waals surface area contributed by atoms with E-state index < -0.39 is 0 Å². The number of aryl methyl sites for hydroxylation is 1. The number of nitrogens with zero attached hydrogens (tertiary/aromatic N) is 1. The van der Waals surface area contributed by atoms with Gasteiger partial charge in [0.25, 0.3) is 0 Å². The molecular formula is C19H29N3O. The Bertz CT molecular complexity index is 517. The molecule has 2 aliphatic heterocycles. The van der Waals surface area contributed by atoms with Crippen molar-refractivity contribution in [1.82, 2.24) is 15.5 Å². The molecule has 0 aromatic heterocycles. The molecule has 2 fully saturated rings. The van der Waals surface area contributed by atoms with E-state index in [0.29, 0.717) is 6.04 Å². The Morgan fingerprint density at radius 1 is 1.17 bits per heavy atom. The van der Waals surface area contributed by atoms with Crippen molar-refractivity contribution in [3.63, 3.8) is 0 Å². The van der Waals surface area contributed by atoms with Gasteiger partial charge in [-0.3, -0.25) is 9.69 Å². The largest absolute Gasteiger partial charge is 0.353 e. The van der Waals surface area contributed by atoms with Gasteiger partial charge < -0.3 is 10.6 Å². The Hall–Kier alpha value is -1.39. The topological polar surface area (TPSA) is 44.4 Å². The maximum absolute atomic E-state index is 12.3. The van der Waals surface area contributed by atoms with Gasteiger partial charge in [-0.25, -0.2) is 0 Å². The fourth-order valence-corrected chi connectivity index (χ4v) is 3.67. The number of likely N-dealkylation sites (tertiary alicyclic amines) is 1. The second-order valence-electron chi connectivity index (χ2n) is 7.01. The highest BCUT2D eigenvalue weighted by atomic mass is 16.1. The molecule has 1 amide bonds. The molecule has 2 aliphatic rings. The smallest absolute Gasteiger partial charge is 0.223 e. The molecule has 0 spiro atoms. The van der Waals surface area contributed by atoms with Gasteiger partial charge in [-0.1, -0.05) is 24.3 Å². The number of carbonyl (C=O) groups is 1. The zero-order valence-electron chi connectivity index (χ0n) is 14.2. The van der Waals surface area contributed by atoms with Crippen LogP contribution in [0, 0.1) is 12.8 Å². The van der Waals surface area contributed by atoms with Crippen molar-refractivity contribution in [2.75, 3.05) is 26.2 Å². The lowest BCUT2D eigenvalue weighted by molar-refractivity contribution is -0.126. The van der Waals surface area contributed by atoms with E-state index in [1.807, 2.05) is 0 Å². The van der Waals surface area contributed by atoms with E-state index in [2.05, 4.69) is 46.7 Å². The van der Waals surface area contributed by atoms with Crippen molar-refractivity contribution in [3.05, 3.63) is 35.4 Å². The summed E-state index contributed by atoms with van der Waals surface area (Å²) in [7, 11) is 0. The van der Waals surface area contributed by atoms with Gasteiger partial charge in [-0.15, -0.1) is 0 Å². The summed E-state index contributed by atoms with van der Waals surface area (Å²) in [5.74, 6) is 0.505. The molecule has 126 valence electrons. The van der Waals surface area contributed by atoms with Crippen molar-refractivity contribution in [3.8, 4) is 0 Å². The van der Waals surface area contributed by atoms with Crippen molar-refractivity contribution < 1.29 is 4.79 Å². The molecule has 3 rings (SSSR count). The van der Waals surface area contributed by atoms with E-state index in [-0.39, 0.29) is 11.8 Å². The van der Waals surface area contributed by atoms with E-state index >= 15 is 0 Å². The Balaban J connectivity index is 1.43. The minimum atomic E-state index is 0.223. The van der Waals surface area contributed by atoms with Gasteiger partial charge in [0.05, 0.1) is 0 Å². The lowest BCUT2D eigenvalue weighted by atomic mass is 9.95. The maximum atomic E-state index is 12.3. The zero-order chi connectivity index (χ0) is 16.1. The number of amides is 1. The van der Waals surface area contributed by atoms with Crippen molar-refractivity contribution in [2.45, 2.75) is 45.2 Å². The summed E-state index contributed by atoms with van der Waals surface area (Å²) in [6.45, 7) is 7.32. The molecule has 0 aliphatic carbocycles. The van der Waals surface area contributed by atoms with Gasteiger partial charge in [-0.2, -0.15) is 0 Å². The fraction of sp³-hybridized carbons (Fsp3) is 0.632. The van der Waals surface area contributed by atoms with Crippen LogP contribution in [0.4, 0.5) is 0 Å². The average Bonchev–Trinajstić information content (AvgIpc) is 2.59. The third kappa shape index (κ3) is 4.55. The highest BCUT2D eigenvalue weighted by Gasteiger charge is 2.25. The summed E-state index contributed by atoms with van der Waals surface area (Å²) in [6, 6.07) is 8.99. The van der Waals surface area contributed by atoms with Gasteiger partial charge in [0.1, 0.15) is 0 Å². The molecule has 0 atom stereocenters. The maximum Gasteiger partial charge on any atom is 0.223 e. The molecule has 0 saturated carbocycles. The van der Waals surface area contributed by atoms with Crippen LogP contribution in [0.2, 0.25) is 0 Å². The molecule has 4 heteroatoms. The first kappa shape index (κ1) is 16.5. The summed E-state index contributed by atoms with van der Waals surface area (Å²) < 4.78 is 0. The summed E-state index contributed by atoms with van der Waals surface area (Å²) >= 11 is 0. The van der Waals surface area contributed by atoms with Crippen LogP contribution in [0.15, 0.2) is 24.3 Å². The molecule has 1 aromatic rings. The lowest BCUT2D eigenvalue weighted by Crippen LogP contribution is -2.47. The third-order valence-electron chi connectivity index (χ3n) is 5.30. The van der Waals surface area contributed by atoms with Crippen LogP contribution in [-0.2, 0) is 11.3 Å². The Labute approximate surface area is 139 Å². The number of hydrogen-bond acceptors (Lipinski definition) is 3. The van der Waals surface area contributed by atoms with Crippen LogP contribution in [0.1, 0.15) is 36.8 Å². The monoisotopic (exact) mass is 315 g/mol. The van der Waals surface area contributed by atoms with Crippen LogP contribution in [-0.4, -0.2) is 43.0 Å². The molecule has 1 aromatic carbocycles. The van der Waals surface area contributed by atoms with E-state index in [4.69, 9.17) is 0 Å². The Morgan fingerprint density at radius 2 is 1.87 bits per heavy atom. The fourth-order valence-electron chi connectivity index (χ4n) is 3.67. The molecule has 2 saturated heterocycles. The summed E-state index contributed by atoms with van der Waals surface area (Å²) in [5.41, 5.74) is 2.79. The second-order valence-corrected chi connectivity index (χ2v) is 7.01. The van der Waals surface area contributed by atoms with Gasteiger partial charge in [0.2, 0.25) is 5.91 Å². The second kappa shape index (κ2) is 7.93. The highest BCUT2D eigenvalue weighted by Crippen LogP contribution is 2.18. The predicted octanol–water partition coefficient (Wildman–Crippen LogP) is 2.08. The van der Waals surface area contributed by atoms with Crippen LogP contribution in [0.3, 0.4) is 0 Å². The van der Waals surface area contributed by atoms with Gasteiger partial charge >= 0.3 is 0 Å².